The largest absolute Gasteiger partial charge is 0.369 e. The lowest BCUT2D eigenvalue weighted by atomic mass is 10.1. The smallest absolute Gasteiger partial charge is 0.210 e. The number of guanidine groups is 1. The number of benzene rings is 1. The minimum atomic E-state index is -0.784. The van der Waals surface area contributed by atoms with Crippen molar-refractivity contribution in [3.63, 3.8) is 0 Å². The van der Waals surface area contributed by atoms with E-state index in [-0.39, 0.29) is 11.6 Å². The van der Waals surface area contributed by atoms with Crippen molar-refractivity contribution in [2.75, 3.05) is 4.90 Å². The molecule has 0 bridgehead atoms. The molecule has 0 spiro atoms. The molecule has 0 aliphatic rings. The van der Waals surface area contributed by atoms with Gasteiger partial charge in [0.25, 0.3) is 0 Å². The van der Waals surface area contributed by atoms with Gasteiger partial charge in [-0.1, -0.05) is 0 Å². The standard InChI is InChI=1S/C12H14F2N4/c1-12(2,3)17-11(16)18(7-15)10-5-8(13)4-9(14)6-10/h4-6H,1-3H3,(H2,16,17). The van der Waals surface area contributed by atoms with Crippen molar-refractivity contribution < 1.29 is 8.78 Å². The summed E-state index contributed by atoms with van der Waals surface area (Å²) in [6.07, 6.45) is 1.74. The Hall–Kier alpha value is -2.16. The van der Waals surface area contributed by atoms with Gasteiger partial charge in [0.15, 0.2) is 6.19 Å². The van der Waals surface area contributed by atoms with Crippen molar-refractivity contribution in [2.45, 2.75) is 26.3 Å². The number of rotatable bonds is 1. The summed E-state index contributed by atoms with van der Waals surface area (Å²) in [5.41, 5.74) is 5.16. The highest BCUT2D eigenvalue weighted by molar-refractivity contribution is 5.97. The van der Waals surface area contributed by atoms with E-state index in [1.165, 1.54) is 0 Å². The van der Waals surface area contributed by atoms with Crippen molar-refractivity contribution in [1.29, 1.82) is 5.26 Å². The van der Waals surface area contributed by atoms with Gasteiger partial charge in [-0.15, -0.1) is 0 Å². The van der Waals surface area contributed by atoms with E-state index >= 15 is 0 Å². The average Bonchev–Trinajstić information content (AvgIpc) is 2.13. The summed E-state index contributed by atoms with van der Waals surface area (Å²) in [6, 6.07) is 2.74. The Kier molecular flexibility index (Phi) is 3.86. The SMILES string of the molecule is CC(C)(C)N=C(N)N(C#N)c1cc(F)cc(F)c1. The van der Waals surface area contributed by atoms with E-state index in [1.807, 2.05) is 0 Å². The number of halogens is 2. The summed E-state index contributed by atoms with van der Waals surface area (Å²) in [5, 5.41) is 9.00. The van der Waals surface area contributed by atoms with E-state index in [4.69, 9.17) is 11.0 Å². The second-order valence-electron chi connectivity index (χ2n) is 4.70. The predicted octanol–water partition coefficient (Wildman–Crippen LogP) is 2.37. The highest BCUT2D eigenvalue weighted by Crippen LogP contribution is 2.18. The Bertz CT molecular complexity index is 492. The topological polar surface area (TPSA) is 65.4 Å². The summed E-state index contributed by atoms with van der Waals surface area (Å²) in [6.45, 7) is 5.38. The Morgan fingerprint density at radius 3 is 2.17 bits per heavy atom. The average molecular weight is 252 g/mol. The maximum Gasteiger partial charge on any atom is 0.210 e. The van der Waals surface area contributed by atoms with Gasteiger partial charge in [0, 0.05) is 6.07 Å². The molecular weight excluding hydrogens is 238 g/mol. The van der Waals surface area contributed by atoms with Crippen molar-refractivity contribution >= 4 is 11.6 Å². The van der Waals surface area contributed by atoms with Crippen LogP contribution in [0.25, 0.3) is 0 Å². The third kappa shape index (κ3) is 3.70. The van der Waals surface area contributed by atoms with Gasteiger partial charge >= 0.3 is 0 Å². The highest BCUT2D eigenvalue weighted by atomic mass is 19.1. The van der Waals surface area contributed by atoms with Crippen molar-refractivity contribution in [2.24, 2.45) is 10.7 Å². The van der Waals surface area contributed by atoms with Crippen LogP contribution in [0.15, 0.2) is 23.2 Å². The summed E-state index contributed by atoms with van der Waals surface area (Å²) in [4.78, 5) is 4.94. The van der Waals surface area contributed by atoms with Crippen LogP contribution in [0, 0.1) is 23.1 Å². The molecule has 0 aromatic heterocycles. The van der Waals surface area contributed by atoms with Crippen LogP contribution >= 0.6 is 0 Å². The molecule has 0 fully saturated rings. The molecule has 0 aliphatic heterocycles. The van der Waals surface area contributed by atoms with Crippen molar-refractivity contribution in [1.82, 2.24) is 0 Å². The quantitative estimate of drug-likeness (QED) is 0.361. The zero-order valence-corrected chi connectivity index (χ0v) is 10.4. The van der Waals surface area contributed by atoms with E-state index in [0.29, 0.717) is 0 Å². The number of anilines is 1. The normalized spacial score (nSPS) is 12.1. The molecule has 0 saturated heterocycles. The molecule has 0 atom stereocenters. The fourth-order valence-electron chi connectivity index (χ4n) is 1.30. The van der Waals surface area contributed by atoms with E-state index in [9.17, 15) is 8.78 Å². The van der Waals surface area contributed by atoms with Crippen LogP contribution in [0.5, 0.6) is 0 Å². The molecule has 96 valence electrons. The van der Waals surface area contributed by atoms with Gasteiger partial charge in [-0.25, -0.2) is 18.7 Å². The predicted molar refractivity (Wildman–Crippen MR) is 65.8 cm³/mol. The molecule has 0 radical (unpaired) electrons. The van der Waals surface area contributed by atoms with Crippen LogP contribution in [0.4, 0.5) is 14.5 Å². The molecule has 0 unspecified atom stereocenters. The van der Waals surface area contributed by atoms with Gasteiger partial charge < -0.3 is 5.73 Å². The number of aliphatic imine (C=N–C) groups is 1. The van der Waals surface area contributed by atoms with Gasteiger partial charge in [-0.3, -0.25) is 0 Å². The Labute approximate surface area is 104 Å². The van der Waals surface area contributed by atoms with Gasteiger partial charge in [-0.2, -0.15) is 5.26 Å². The number of nitrogens with two attached hydrogens (primary N) is 1. The Balaban J connectivity index is 3.19. The molecule has 0 saturated carbocycles. The number of nitrogens with zero attached hydrogens (tertiary/aromatic N) is 3. The lowest BCUT2D eigenvalue weighted by Gasteiger charge is -2.19. The Morgan fingerprint density at radius 2 is 1.78 bits per heavy atom. The second kappa shape index (κ2) is 5.00. The Morgan fingerprint density at radius 1 is 1.28 bits per heavy atom. The molecule has 18 heavy (non-hydrogen) atoms. The second-order valence-corrected chi connectivity index (χ2v) is 4.70. The van der Waals surface area contributed by atoms with E-state index < -0.39 is 17.2 Å². The van der Waals surface area contributed by atoms with Crippen LogP contribution in [-0.2, 0) is 0 Å². The van der Waals surface area contributed by atoms with Crippen LogP contribution in [0.2, 0.25) is 0 Å². The molecule has 4 nitrogen and oxygen atoms in total. The third-order valence-corrected chi connectivity index (χ3v) is 1.88. The minimum Gasteiger partial charge on any atom is -0.369 e. The molecular formula is C12H14F2N4. The molecule has 1 aromatic rings. The molecule has 6 heteroatoms. The maximum absolute atomic E-state index is 13.1. The first kappa shape index (κ1) is 13.9. The summed E-state index contributed by atoms with van der Waals surface area (Å²) >= 11 is 0. The zero-order chi connectivity index (χ0) is 13.9. The molecule has 0 heterocycles. The van der Waals surface area contributed by atoms with Gasteiger partial charge in [0.2, 0.25) is 5.96 Å². The lowest BCUT2D eigenvalue weighted by molar-refractivity contribution is 0.580. The number of hydrogen-bond acceptors (Lipinski definition) is 2. The zero-order valence-electron chi connectivity index (χ0n) is 10.4. The monoisotopic (exact) mass is 252 g/mol. The molecule has 2 N–H and O–H groups in total. The first-order chi connectivity index (χ1) is 8.23. The van der Waals surface area contributed by atoms with Gasteiger partial charge in [0.1, 0.15) is 11.6 Å². The van der Waals surface area contributed by atoms with Crippen LogP contribution in [0.1, 0.15) is 20.8 Å². The third-order valence-electron chi connectivity index (χ3n) is 1.88. The van der Waals surface area contributed by atoms with Crippen molar-refractivity contribution in [3.05, 3.63) is 29.8 Å². The fourth-order valence-corrected chi connectivity index (χ4v) is 1.30. The van der Waals surface area contributed by atoms with Crippen LogP contribution < -0.4 is 10.6 Å². The number of hydrogen-bond donors (Lipinski definition) is 1. The lowest BCUT2D eigenvalue weighted by Crippen LogP contribution is -2.36. The molecule has 0 amide bonds. The van der Waals surface area contributed by atoms with Crippen molar-refractivity contribution in [3.8, 4) is 6.19 Å². The summed E-state index contributed by atoms with van der Waals surface area (Å²) < 4.78 is 26.1. The van der Waals surface area contributed by atoms with E-state index in [1.54, 1.807) is 27.0 Å². The fraction of sp³-hybridized carbons (Fsp3) is 0.333. The highest BCUT2D eigenvalue weighted by Gasteiger charge is 2.16. The number of nitriles is 1. The first-order valence-electron chi connectivity index (χ1n) is 5.24. The summed E-state index contributed by atoms with van der Waals surface area (Å²) in [5.74, 6) is -1.68. The molecule has 1 rings (SSSR count). The van der Waals surface area contributed by atoms with Gasteiger partial charge in [0.05, 0.1) is 11.2 Å². The maximum atomic E-state index is 13.1. The van der Waals surface area contributed by atoms with E-state index in [2.05, 4.69) is 4.99 Å². The first-order valence-corrected chi connectivity index (χ1v) is 5.24. The molecule has 0 aliphatic carbocycles. The van der Waals surface area contributed by atoms with Crippen LogP contribution in [-0.4, -0.2) is 11.5 Å². The molecule has 1 aromatic carbocycles. The van der Waals surface area contributed by atoms with E-state index in [0.717, 1.165) is 23.1 Å². The summed E-state index contributed by atoms with van der Waals surface area (Å²) in [7, 11) is 0. The van der Waals surface area contributed by atoms with Crippen LogP contribution in [0.3, 0.4) is 0 Å². The minimum absolute atomic E-state index is 0.000463. The van der Waals surface area contributed by atoms with Gasteiger partial charge in [-0.05, 0) is 32.9 Å².